The monoisotopic (exact) mass is 398 g/mol. The minimum Gasteiger partial charge on any atom is -0.376 e. The van der Waals surface area contributed by atoms with Crippen LogP contribution in [0.4, 0.5) is 0 Å². The maximum absolute atomic E-state index is 6.17. The molecule has 0 heterocycles. The smallest absolute Gasteiger partial charge is 0.0818 e. The SMILES string of the molecule is CCC1(C(=S)NC2CCC(N)CC2)CC2CC(c3ccccc3)(CCC2C)C1. The van der Waals surface area contributed by atoms with Crippen LogP contribution in [-0.4, -0.2) is 17.1 Å². The highest BCUT2D eigenvalue weighted by Gasteiger charge is 2.53. The largest absolute Gasteiger partial charge is 0.376 e. The Morgan fingerprint density at radius 2 is 1.82 bits per heavy atom. The summed E-state index contributed by atoms with van der Waals surface area (Å²) in [5.41, 5.74) is 8.14. The molecule has 0 spiro atoms. The van der Waals surface area contributed by atoms with E-state index in [0.717, 1.165) is 36.1 Å². The molecule has 4 atom stereocenters. The number of hydrogen-bond acceptors (Lipinski definition) is 2. The van der Waals surface area contributed by atoms with E-state index in [1.165, 1.54) is 44.9 Å². The molecule has 1 aromatic carbocycles. The maximum atomic E-state index is 6.17. The van der Waals surface area contributed by atoms with Crippen LogP contribution in [0.5, 0.6) is 0 Å². The van der Waals surface area contributed by atoms with Crippen molar-refractivity contribution >= 4 is 17.2 Å². The Bertz CT molecular complexity index is 681. The zero-order valence-corrected chi connectivity index (χ0v) is 18.6. The number of thiocarbonyl (C=S) groups is 1. The second kappa shape index (κ2) is 8.07. The topological polar surface area (TPSA) is 38.0 Å². The molecule has 3 fully saturated rings. The number of nitrogens with two attached hydrogens (primary N) is 1. The molecule has 2 nitrogen and oxygen atoms in total. The molecular formula is C25H38N2S. The molecule has 154 valence electrons. The van der Waals surface area contributed by atoms with Gasteiger partial charge in [-0.2, -0.15) is 0 Å². The Kier molecular flexibility index (Phi) is 5.86. The quantitative estimate of drug-likeness (QED) is 0.635. The van der Waals surface area contributed by atoms with Crippen molar-refractivity contribution < 1.29 is 0 Å². The molecule has 0 amide bonds. The molecule has 4 unspecified atom stereocenters. The van der Waals surface area contributed by atoms with Gasteiger partial charge in [0.2, 0.25) is 0 Å². The van der Waals surface area contributed by atoms with Gasteiger partial charge in [0.05, 0.1) is 4.99 Å². The van der Waals surface area contributed by atoms with Crippen molar-refractivity contribution in [1.82, 2.24) is 5.32 Å². The first-order chi connectivity index (χ1) is 13.5. The van der Waals surface area contributed by atoms with Gasteiger partial charge in [-0.05, 0) is 87.0 Å². The Labute approximate surface area is 177 Å². The lowest BCUT2D eigenvalue weighted by Gasteiger charge is -2.56. The van der Waals surface area contributed by atoms with Crippen molar-refractivity contribution in [2.75, 3.05) is 0 Å². The highest BCUT2D eigenvalue weighted by atomic mass is 32.1. The van der Waals surface area contributed by atoms with Gasteiger partial charge in [0, 0.05) is 17.5 Å². The summed E-state index contributed by atoms with van der Waals surface area (Å²) < 4.78 is 0. The minimum absolute atomic E-state index is 0.155. The van der Waals surface area contributed by atoms with E-state index in [-0.39, 0.29) is 5.41 Å². The fourth-order valence-corrected chi connectivity index (χ4v) is 7.03. The summed E-state index contributed by atoms with van der Waals surface area (Å²) in [5, 5.41) is 3.85. The third-order valence-electron chi connectivity index (χ3n) is 8.52. The Morgan fingerprint density at radius 1 is 1.11 bits per heavy atom. The first-order valence-corrected chi connectivity index (χ1v) is 12.0. The Hall–Kier alpha value is -0.930. The van der Waals surface area contributed by atoms with E-state index in [1.807, 2.05) is 0 Å². The molecule has 1 aromatic rings. The number of fused-ring (bicyclic) bond motifs is 2. The van der Waals surface area contributed by atoms with Gasteiger partial charge < -0.3 is 11.1 Å². The lowest BCUT2D eigenvalue weighted by molar-refractivity contribution is 0.0347. The molecule has 0 saturated heterocycles. The molecule has 3 saturated carbocycles. The summed E-state index contributed by atoms with van der Waals surface area (Å²) in [4.78, 5) is 1.16. The lowest BCUT2D eigenvalue weighted by atomic mass is 9.49. The summed E-state index contributed by atoms with van der Waals surface area (Å²) in [6.45, 7) is 4.85. The molecule has 0 radical (unpaired) electrons. The van der Waals surface area contributed by atoms with E-state index in [9.17, 15) is 0 Å². The predicted octanol–water partition coefficient (Wildman–Crippen LogP) is 5.74. The van der Waals surface area contributed by atoms with Crippen LogP contribution in [-0.2, 0) is 5.41 Å². The van der Waals surface area contributed by atoms with Gasteiger partial charge in [0.25, 0.3) is 0 Å². The number of hydrogen-bond donors (Lipinski definition) is 2. The summed E-state index contributed by atoms with van der Waals surface area (Å²) in [5.74, 6) is 1.61. The standard InChI is InChI=1S/C25H38N2S/c1-3-24(23(28)27-22-11-9-21(26)10-12-22)15-19-16-25(17-24,14-13-18(19)2)20-7-5-4-6-8-20/h4-8,18-19,21-22H,3,9-17,26H2,1-2H3,(H,27,28). The number of rotatable bonds is 4. The van der Waals surface area contributed by atoms with Crippen LogP contribution in [0.25, 0.3) is 0 Å². The van der Waals surface area contributed by atoms with Crippen molar-refractivity contribution in [1.29, 1.82) is 0 Å². The van der Waals surface area contributed by atoms with Gasteiger partial charge in [-0.25, -0.2) is 0 Å². The summed E-state index contributed by atoms with van der Waals surface area (Å²) in [7, 11) is 0. The van der Waals surface area contributed by atoms with Gasteiger partial charge in [0.15, 0.2) is 0 Å². The third kappa shape index (κ3) is 3.77. The average molecular weight is 399 g/mol. The summed E-state index contributed by atoms with van der Waals surface area (Å²) in [6.07, 6.45) is 12.3. The maximum Gasteiger partial charge on any atom is 0.0818 e. The molecule has 3 aliphatic carbocycles. The molecule has 28 heavy (non-hydrogen) atoms. The Balaban J connectivity index is 1.60. The van der Waals surface area contributed by atoms with Crippen LogP contribution >= 0.6 is 12.2 Å². The average Bonchev–Trinajstić information content (AvgIpc) is 2.73. The molecule has 4 rings (SSSR count). The zero-order chi connectivity index (χ0) is 19.8. The molecular weight excluding hydrogens is 360 g/mol. The molecule has 3 aliphatic rings. The Morgan fingerprint density at radius 3 is 2.50 bits per heavy atom. The van der Waals surface area contributed by atoms with Crippen LogP contribution < -0.4 is 11.1 Å². The van der Waals surface area contributed by atoms with E-state index >= 15 is 0 Å². The van der Waals surface area contributed by atoms with Gasteiger partial charge >= 0.3 is 0 Å². The summed E-state index contributed by atoms with van der Waals surface area (Å²) in [6, 6.07) is 12.3. The van der Waals surface area contributed by atoms with Crippen molar-refractivity contribution in [3.63, 3.8) is 0 Å². The molecule has 0 aromatic heterocycles. The van der Waals surface area contributed by atoms with Gasteiger partial charge in [-0.1, -0.05) is 56.4 Å². The van der Waals surface area contributed by atoms with Gasteiger partial charge in [-0.3, -0.25) is 0 Å². The normalized spacial score (nSPS) is 40.7. The number of benzene rings is 1. The van der Waals surface area contributed by atoms with Gasteiger partial charge in [-0.15, -0.1) is 0 Å². The highest BCUT2D eigenvalue weighted by Crippen LogP contribution is 2.59. The fourth-order valence-electron chi connectivity index (χ4n) is 6.56. The number of nitrogens with one attached hydrogen (secondary N) is 1. The highest BCUT2D eigenvalue weighted by molar-refractivity contribution is 7.80. The van der Waals surface area contributed by atoms with E-state index in [2.05, 4.69) is 49.5 Å². The molecule has 0 aliphatic heterocycles. The van der Waals surface area contributed by atoms with E-state index in [1.54, 1.807) is 5.56 Å². The van der Waals surface area contributed by atoms with E-state index in [0.29, 0.717) is 17.5 Å². The predicted molar refractivity (Wildman–Crippen MR) is 123 cm³/mol. The van der Waals surface area contributed by atoms with Crippen molar-refractivity contribution in [3.05, 3.63) is 35.9 Å². The third-order valence-corrected chi connectivity index (χ3v) is 9.07. The van der Waals surface area contributed by atoms with Crippen molar-refractivity contribution in [3.8, 4) is 0 Å². The molecule has 3 N–H and O–H groups in total. The van der Waals surface area contributed by atoms with Crippen LogP contribution in [0.2, 0.25) is 0 Å². The van der Waals surface area contributed by atoms with Crippen LogP contribution in [0, 0.1) is 17.3 Å². The first-order valence-electron chi connectivity index (χ1n) is 11.6. The second-order valence-electron chi connectivity index (χ2n) is 10.2. The van der Waals surface area contributed by atoms with E-state index < -0.39 is 0 Å². The first kappa shape index (κ1) is 20.3. The van der Waals surface area contributed by atoms with Crippen LogP contribution in [0.15, 0.2) is 30.3 Å². The van der Waals surface area contributed by atoms with Crippen LogP contribution in [0.1, 0.15) is 83.6 Å². The molecule has 2 bridgehead atoms. The zero-order valence-electron chi connectivity index (χ0n) is 17.8. The second-order valence-corrected chi connectivity index (χ2v) is 10.6. The minimum atomic E-state index is 0.155. The van der Waals surface area contributed by atoms with Crippen molar-refractivity contribution in [2.24, 2.45) is 23.0 Å². The molecule has 3 heteroatoms. The van der Waals surface area contributed by atoms with Gasteiger partial charge in [0.1, 0.15) is 0 Å². The van der Waals surface area contributed by atoms with Crippen molar-refractivity contribution in [2.45, 2.75) is 95.6 Å². The van der Waals surface area contributed by atoms with E-state index in [4.69, 9.17) is 18.0 Å². The lowest BCUT2D eigenvalue weighted by Crippen LogP contribution is -2.54. The van der Waals surface area contributed by atoms with Crippen LogP contribution in [0.3, 0.4) is 0 Å². The summed E-state index contributed by atoms with van der Waals surface area (Å²) >= 11 is 6.17. The fraction of sp³-hybridized carbons (Fsp3) is 0.720.